The lowest BCUT2D eigenvalue weighted by Gasteiger charge is -2.62. The molecule has 0 saturated heterocycles. The molecule has 1 aromatic rings. The lowest BCUT2D eigenvalue weighted by molar-refractivity contribution is -0.101. The summed E-state index contributed by atoms with van der Waals surface area (Å²) in [5, 5.41) is 2.22. The highest BCUT2D eigenvalue weighted by Gasteiger charge is 2.58. The van der Waals surface area contributed by atoms with Crippen molar-refractivity contribution in [3.63, 3.8) is 0 Å². The van der Waals surface area contributed by atoms with Gasteiger partial charge in [0.25, 0.3) is 0 Å². The predicted octanol–water partition coefficient (Wildman–Crippen LogP) is 6.55. The molecule has 0 N–H and O–H groups in total. The van der Waals surface area contributed by atoms with E-state index in [1.54, 1.807) is 0 Å². The van der Waals surface area contributed by atoms with E-state index in [1.165, 1.54) is 47.9 Å². The SMILES string of the molecule is CC12CC3CC(C1)CC(C(Br)c1sccc1Br)(C3)C2. The maximum absolute atomic E-state index is 4.11. The summed E-state index contributed by atoms with van der Waals surface area (Å²) >= 11 is 9.76. The monoisotopic (exact) mass is 402 g/mol. The van der Waals surface area contributed by atoms with Gasteiger partial charge in [-0.15, -0.1) is 11.3 Å². The van der Waals surface area contributed by atoms with Crippen LogP contribution in [0.2, 0.25) is 0 Å². The number of thiophene rings is 1. The maximum atomic E-state index is 4.11. The maximum Gasteiger partial charge on any atom is 0.0557 e. The highest BCUT2D eigenvalue weighted by Crippen LogP contribution is 2.70. The predicted molar refractivity (Wildman–Crippen MR) is 88.9 cm³/mol. The van der Waals surface area contributed by atoms with Crippen LogP contribution in [0.5, 0.6) is 0 Å². The molecule has 3 atom stereocenters. The molecule has 0 radical (unpaired) electrons. The van der Waals surface area contributed by atoms with E-state index in [9.17, 15) is 0 Å². The Labute approximate surface area is 136 Å². The standard InChI is InChI=1S/C16H20Br2S/c1-15-5-10-4-11(6-15)8-16(7-10,9-15)14(18)13-12(17)2-3-19-13/h2-3,10-11,14H,4-9H2,1H3. The molecule has 104 valence electrons. The average Bonchev–Trinajstić information content (AvgIpc) is 2.71. The first-order chi connectivity index (χ1) is 9.00. The quantitative estimate of drug-likeness (QED) is 0.490. The lowest BCUT2D eigenvalue weighted by Crippen LogP contribution is -2.52. The Kier molecular flexibility index (Phi) is 3.04. The van der Waals surface area contributed by atoms with Gasteiger partial charge in [-0.25, -0.2) is 0 Å². The Balaban J connectivity index is 1.72. The minimum atomic E-state index is 0.534. The van der Waals surface area contributed by atoms with Crippen molar-refractivity contribution in [1.82, 2.24) is 0 Å². The summed E-state index contributed by atoms with van der Waals surface area (Å²) in [6.07, 6.45) is 8.86. The minimum absolute atomic E-state index is 0.534. The van der Waals surface area contributed by atoms with Gasteiger partial charge in [0.1, 0.15) is 0 Å². The molecule has 1 heterocycles. The van der Waals surface area contributed by atoms with E-state index in [0.717, 1.165) is 11.8 Å². The van der Waals surface area contributed by atoms with Crippen LogP contribution in [0.15, 0.2) is 15.9 Å². The first-order valence-electron chi connectivity index (χ1n) is 7.37. The third kappa shape index (κ3) is 2.02. The van der Waals surface area contributed by atoms with Gasteiger partial charge in [-0.1, -0.05) is 22.9 Å². The molecule has 0 aliphatic heterocycles. The second-order valence-electron chi connectivity index (χ2n) is 7.63. The highest BCUT2D eigenvalue weighted by atomic mass is 79.9. The molecule has 0 amide bonds. The first-order valence-corrected chi connectivity index (χ1v) is 9.96. The van der Waals surface area contributed by atoms with Crippen LogP contribution in [0.1, 0.15) is 55.2 Å². The van der Waals surface area contributed by atoms with Gasteiger partial charge in [0.2, 0.25) is 0 Å². The number of hydrogen-bond donors (Lipinski definition) is 0. The number of rotatable bonds is 2. The van der Waals surface area contributed by atoms with E-state index in [2.05, 4.69) is 50.2 Å². The van der Waals surface area contributed by atoms with Crippen LogP contribution in [-0.4, -0.2) is 0 Å². The van der Waals surface area contributed by atoms with E-state index < -0.39 is 0 Å². The van der Waals surface area contributed by atoms with Crippen molar-refractivity contribution < 1.29 is 0 Å². The second kappa shape index (κ2) is 4.33. The molecule has 4 fully saturated rings. The van der Waals surface area contributed by atoms with Crippen LogP contribution in [0.25, 0.3) is 0 Å². The summed E-state index contributed by atoms with van der Waals surface area (Å²) in [4.78, 5) is 2.07. The fraction of sp³-hybridized carbons (Fsp3) is 0.750. The van der Waals surface area contributed by atoms with Crippen LogP contribution in [0.4, 0.5) is 0 Å². The molecule has 0 nitrogen and oxygen atoms in total. The van der Waals surface area contributed by atoms with Crippen molar-refractivity contribution in [2.24, 2.45) is 22.7 Å². The van der Waals surface area contributed by atoms with Gasteiger partial charge < -0.3 is 0 Å². The summed E-state index contributed by atoms with van der Waals surface area (Å²) < 4.78 is 1.31. The minimum Gasteiger partial charge on any atom is -0.146 e. The summed E-state index contributed by atoms with van der Waals surface area (Å²) in [5.74, 6) is 2.01. The Morgan fingerprint density at radius 1 is 1.26 bits per heavy atom. The van der Waals surface area contributed by atoms with E-state index in [-0.39, 0.29) is 0 Å². The molecule has 4 bridgehead atoms. The Bertz CT molecular complexity index is 493. The van der Waals surface area contributed by atoms with Crippen LogP contribution >= 0.6 is 43.2 Å². The van der Waals surface area contributed by atoms with Gasteiger partial charge in [0, 0.05) is 9.35 Å². The van der Waals surface area contributed by atoms with Crippen molar-refractivity contribution in [3.8, 4) is 0 Å². The van der Waals surface area contributed by atoms with Gasteiger partial charge in [0.15, 0.2) is 0 Å². The zero-order valence-electron chi connectivity index (χ0n) is 11.3. The first kappa shape index (κ1) is 13.3. The van der Waals surface area contributed by atoms with Crippen molar-refractivity contribution in [1.29, 1.82) is 0 Å². The van der Waals surface area contributed by atoms with Crippen LogP contribution in [0.3, 0.4) is 0 Å². The Morgan fingerprint density at radius 2 is 1.95 bits per heavy atom. The zero-order chi connectivity index (χ0) is 13.3. The highest BCUT2D eigenvalue weighted by molar-refractivity contribution is 9.11. The summed E-state index contributed by atoms with van der Waals surface area (Å²) in [6, 6.07) is 2.20. The molecule has 3 heteroatoms. The molecule has 0 spiro atoms. The molecule has 1 aromatic heterocycles. The number of alkyl halides is 1. The van der Waals surface area contributed by atoms with Crippen molar-refractivity contribution in [2.75, 3.05) is 0 Å². The Morgan fingerprint density at radius 3 is 2.47 bits per heavy atom. The molecular weight excluding hydrogens is 384 g/mol. The van der Waals surface area contributed by atoms with Gasteiger partial charge in [-0.3, -0.25) is 0 Å². The summed E-state index contributed by atoms with van der Waals surface area (Å²) in [6.45, 7) is 2.56. The van der Waals surface area contributed by atoms with Crippen LogP contribution in [-0.2, 0) is 0 Å². The average molecular weight is 404 g/mol. The summed E-state index contributed by atoms with van der Waals surface area (Å²) in [5.41, 5.74) is 1.17. The zero-order valence-corrected chi connectivity index (χ0v) is 15.3. The lowest BCUT2D eigenvalue weighted by atomic mass is 9.44. The fourth-order valence-corrected chi connectivity index (χ4v) is 8.99. The smallest absolute Gasteiger partial charge is 0.0557 e. The largest absolute Gasteiger partial charge is 0.146 e. The van der Waals surface area contributed by atoms with E-state index in [1.807, 2.05) is 11.3 Å². The fourth-order valence-electron chi connectivity index (χ4n) is 5.86. The van der Waals surface area contributed by atoms with Gasteiger partial charge in [-0.2, -0.15) is 0 Å². The van der Waals surface area contributed by atoms with E-state index >= 15 is 0 Å². The summed E-state index contributed by atoms with van der Waals surface area (Å²) in [7, 11) is 0. The molecule has 0 aromatic carbocycles. The molecule has 4 aliphatic carbocycles. The van der Waals surface area contributed by atoms with E-state index in [0.29, 0.717) is 15.7 Å². The molecule has 4 aliphatic rings. The van der Waals surface area contributed by atoms with E-state index in [4.69, 9.17) is 0 Å². The van der Waals surface area contributed by atoms with Crippen molar-refractivity contribution in [3.05, 3.63) is 20.8 Å². The third-order valence-electron chi connectivity index (χ3n) is 5.81. The topological polar surface area (TPSA) is 0 Å². The van der Waals surface area contributed by atoms with Gasteiger partial charge in [-0.05, 0) is 88.6 Å². The Hall–Kier alpha value is 0.660. The number of hydrogen-bond acceptors (Lipinski definition) is 1. The second-order valence-corrected chi connectivity index (χ2v) is 10.3. The molecule has 5 rings (SSSR count). The van der Waals surface area contributed by atoms with Crippen molar-refractivity contribution in [2.45, 2.75) is 50.3 Å². The molecule has 3 unspecified atom stereocenters. The molecular formula is C16H20Br2S. The third-order valence-corrected chi connectivity index (χ3v) is 9.48. The van der Waals surface area contributed by atoms with Crippen molar-refractivity contribution >= 4 is 43.2 Å². The van der Waals surface area contributed by atoms with Gasteiger partial charge in [0.05, 0.1) is 4.83 Å². The molecule has 4 saturated carbocycles. The molecule has 19 heavy (non-hydrogen) atoms. The van der Waals surface area contributed by atoms with Gasteiger partial charge >= 0.3 is 0 Å². The van der Waals surface area contributed by atoms with Crippen LogP contribution in [0, 0.1) is 22.7 Å². The van der Waals surface area contributed by atoms with Crippen LogP contribution < -0.4 is 0 Å². The normalized spacial score (nSPS) is 45.6. The number of halogens is 2.